The molecule has 0 bridgehead atoms. The summed E-state index contributed by atoms with van der Waals surface area (Å²) in [6.07, 6.45) is 0.927. The van der Waals surface area contributed by atoms with Gasteiger partial charge in [0.25, 0.3) is 0 Å². The van der Waals surface area contributed by atoms with Gasteiger partial charge < -0.3 is 16.2 Å². The van der Waals surface area contributed by atoms with Gasteiger partial charge in [0.2, 0.25) is 5.91 Å². The van der Waals surface area contributed by atoms with Crippen LogP contribution in [0.5, 0.6) is 0 Å². The van der Waals surface area contributed by atoms with Gasteiger partial charge in [0.15, 0.2) is 0 Å². The molecule has 1 unspecified atom stereocenters. The molecule has 0 saturated carbocycles. The summed E-state index contributed by atoms with van der Waals surface area (Å²) in [7, 11) is 0. The third kappa shape index (κ3) is 4.90. The number of nitrogens with one attached hydrogen (secondary N) is 1. The van der Waals surface area contributed by atoms with Crippen LogP contribution in [-0.4, -0.2) is 23.5 Å². The molecule has 1 aromatic carbocycles. The monoisotopic (exact) mass is 328 g/mol. The highest BCUT2D eigenvalue weighted by molar-refractivity contribution is 9.10. The van der Waals surface area contributed by atoms with Crippen molar-refractivity contribution in [2.75, 3.05) is 11.9 Å². The lowest BCUT2D eigenvalue weighted by molar-refractivity contribution is -0.138. The van der Waals surface area contributed by atoms with Gasteiger partial charge in [-0.05, 0) is 40.0 Å². The maximum atomic E-state index is 11.0. The van der Waals surface area contributed by atoms with Gasteiger partial charge >= 0.3 is 5.97 Å². The molecule has 1 rings (SSSR count). The fourth-order valence-electron chi connectivity index (χ4n) is 1.67. The fraction of sp³-hybridized carbons (Fsp3) is 0.385. The molecule has 1 amide bonds. The van der Waals surface area contributed by atoms with Gasteiger partial charge in [0.05, 0.1) is 0 Å². The summed E-state index contributed by atoms with van der Waals surface area (Å²) < 4.78 is 0.731. The summed E-state index contributed by atoms with van der Waals surface area (Å²) in [6, 6.07) is 5.02. The maximum Gasteiger partial charge on any atom is 0.303 e. The Labute approximate surface area is 120 Å². The lowest BCUT2D eigenvalue weighted by atomic mass is 10.0. The molecule has 0 aliphatic heterocycles. The van der Waals surface area contributed by atoms with Crippen LogP contribution in [-0.2, 0) is 4.79 Å². The Hall–Kier alpha value is -1.56. The van der Waals surface area contributed by atoms with E-state index in [1.54, 1.807) is 18.2 Å². The van der Waals surface area contributed by atoms with Crippen molar-refractivity contribution in [3.05, 3.63) is 28.2 Å². The Morgan fingerprint density at radius 1 is 1.47 bits per heavy atom. The molecule has 0 spiro atoms. The zero-order chi connectivity index (χ0) is 14.4. The third-order valence-corrected chi connectivity index (χ3v) is 3.53. The molecule has 5 nitrogen and oxygen atoms in total. The van der Waals surface area contributed by atoms with E-state index in [0.29, 0.717) is 12.1 Å². The predicted molar refractivity (Wildman–Crippen MR) is 77.2 cm³/mol. The minimum atomic E-state index is -0.795. The number of aliphatic carboxylic acids is 1. The average Bonchev–Trinajstić information content (AvgIpc) is 2.34. The highest BCUT2D eigenvalue weighted by Crippen LogP contribution is 2.24. The van der Waals surface area contributed by atoms with E-state index in [1.165, 1.54) is 0 Å². The van der Waals surface area contributed by atoms with Gasteiger partial charge in [-0.1, -0.05) is 13.3 Å². The van der Waals surface area contributed by atoms with Crippen LogP contribution in [0.4, 0.5) is 5.69 Å². The van der Waals surface area contributed by atoms with E-state index in [4.69, 9.17) is 10.8 Å². The molecule has 0 aliphatic carbocycles. The number of anilines is 1. The summed E-state index contributed by atoms with van der Waals surface area (Å²) in [5.74, 6) is -1.21. The van der Waals surface area contributed by atoms with Crippen LogP contribution in [0, 0.1) is 5.92 Å². The van der Waals surface area contributed by atoms with Crippen molar-refractivity contribution in [3.63, 3.8) is 0 Å². The van der Waals surface area contributed by atoms with Crippen LogP contribution in [0.25, 0.3) is 0 Å². The molecule has 0 fully saturated rings. The van der Waals surface area contributed by atoms with Crippen molar-refractivity contribution >= 4 is 33.5 Å². The summed E-state index contributed by atoms with van der Waals surface area (Å²) in [5.41, 5.74) is 6.43. The van der Waals surface area contributed by atoms with E-state index in [1.807, 2.05) is 6.92 Å². The number of carbonyl (C=O) groups is 2. The number of carbonyl (C=O) groups excluding carboxylic acids is 1. The van der Waals surface area contributed by atoms with Crippen LogP contribution in [0.15, 0.2) is 22.7 Å². The smallest absolute Gasteiger partial charge is 0.303 e. The fourth-order valence-corrected chi connectivity index (χ4v) is 2.19. The number of primary amides is 1. The topological polar surface area (TPSA) is 92.4 Å². The largest absolute Gasteiger partial charge is 0.481 e. The highest BCUT2D eigenvalue weighted by Gasteiger charge is 2.12. The van der Waals surface area contributed by atoms with Crippen LogP contribution in [0.1, 0.15) is 30.1 Å². The highest BCUT2D eigenvalue weighted by atomic mass is 79.9. The average molecular weight is 329 g/mol. The summed E-state index contributed by atoms with van der Waals surface area (Å²) >= 11 is 3.35. The molecular weight excluding hydrogens is 312 g/mol. The molecule has 0 saturated heterocycles. The molecule has 1 aromatic rings. The van der Waals surface area contributed by atoms with Gasteiger partial charge in [-0.15, -0.1) is 0 Å². The van der Waals surface area contributed by atoms with Crippen LogP contribution >= 0.6 is 15.9 Å². The minimum absolute atomic E-state index is 0.0696. The first-order valence-electron chi connectivity index (χ1n) is 5.99. The molecule has 0 aliphatic rings. The number of hydrogen-bond donors (Lipinski definition) is 3. The standard InChI is InChI=1S/C13H17BrN2O3/c1-2-8(5-12(17)18)7-16-11-4-3-9(13(15)19)6-10(11)14/h3-4,6,8,16H,2,5,7H2,1H3,(H2,15,19)(H,17,18). The SMILES string of the molecule is CCC(CNc1ccc(C(N)=O)cc1Br)CC(=O)O. The first-order valence-corrected chi connectivity index (χ1v) is 6.78. The van der Waals surface area contributed by atoms with Crippen molar-refractivity contribution in [2.45, 2.75) is 19.8 Å². The molecular formula is C13H17BrN2O3. The molecule has 0 heterocycles. The summed E-state index contributed by atoms with van der Waals surface area (Å²) in [6.45, 7) is 2.53. The Balaban J connectivity index is 2.67. The Bertz CT molecular complexity index is 477. The maximum absolute atomic E-state index is 11.0. The van der Waals surface area contributed by atoms with Crippen LogP contribution < -0.4 is 11.1 Å². The second-order valence-electron chi connectivity index (χ2n) is 4.31. The van der Waals surface area contributed by atoms with E-state index in [0.717, 1.165) is 16.6 Å². The second kappa shape index (κ2) is 7.13. The first-order chi connectivity index (χ1) is 8.93. The van der Waals surface area contributed by atoms with E-state index in [9.17, 15) is 9.59 Å². The number of hydrogen-bond acceptors (Lipinski definition) is 3. The number of amides is 1. The van der Waals surface area contributed by atoms with Crippen molar-refractivity contribution in [1.82, 2.24) is 0 Å². The number of carboxylic acids is 1. The number of rotatable bonds is 7. The van der Waals surface area contributed by atoms with Gasteiger partial charge in [-0.2, -0.15) is 0 Å². The van der Waals surface area contributed by atoms with Crippen molar-refractivity contribution in [1.29, 1.82) is 0 Å². The molecule has 0 radical (unpaired) electrons. The summed E-state index contributed by atoms with van der Waals surface area (Å²) in [5, 5.41) is 11.9. The molecule has 1 atom stereocenters. The lowest BCUT2D eigenvalue weighted by Gasteiger charge is -2.15. The van der Waals surface area contributed by atoms with E-state index >= 15 is 0 Å². The zero-order valence-corrected chi connectivity index (χ0v) is 12.2. The normalized spacial score (nSPS) is 11.9. The molecule has 0 aromatic heterocycles. The zero-order valence-electron chi connectivity index (χ0n) is 10.6. The predicted octanol–water partition coefficient (Wildman–Crippen LogP) is 2.46. The van der Waals surface area contributed by atoms with Crippen LogP contribution in [0.2, 0.25) is 0 Å². The first kappa shape index (κ1) is 15.5. The van der Waals surface area contributed by atoms with Gasteiger partial charge in [0, 0.05) is 28.7 Å². The van der Waals surface area contributed by atoms with E-state index in [-0.39, 0.29) is 12.3 Å². The number of benzene rings is 1. The van der Waals surface area contributed by atoms with Crippen LogP contribution in [0.3, 0.4) is 0 Å². The number of halogens is 1. The lowest BCUT2D eigenvalue weighted by Crippen LogP contribution is -2.17. The van der Waals surface area contributed by atoms with Crippen molar-refractivity contribution in [2.24, 2.45) is 11.7 Å². The number of nitrogens with two attached hydrogens (primary N) is 1. The molecule has 19 heavy (non-hydrogen) atoms. The van der Waals surface area contributed by atoms with Gasteiger partial charge in [-0.3, -0.25) is 9.59 Å². The molecule has 4 N–H and O–H groups in total. The van der Waals surface area contributed by atoms with Crippen molar-refractivity contribution in [3.8, 4) is 0 Å². The van der Waals surface area contributed by atoms with E-state index in [2.05, 4.69) is 21.2 Å². The Morgan fingerprint density at radius 2 is 2.16 bits per heavy atom. The van der Waals surface area contributed by atoms with Gasteiger partial charge in [-0.25, -0.2) is 0 Å². The molecule has 104 valence electrons. The molecule has 6 heteroatoms. The quantitative estimate of drug-likeness (QED) is 0.716. The Kier molecular flexibility index (Phi) is 5.82. The minimum Gasteiger partial charge on any atom is -0.481 e. The third-order valence-electron chi connectivity index (χ3n) is 2.88. The van der Waals surface area contributed by atoms with Gasteiger partial charge in [0.1, 0.15) is 0 Å². The summed E-state index contributed by atoms with van der Waals surface area (Å²) in [4.78, 5) is 21.7. The van der Waals surface area contributed by atoms with Crippen molar-refractivity contribution < 1.29 is 14.7 Å². The number of carboxylic acid groups (broad SMARTS) is 1. The van der Waals surface area contributed by atoms with E-state index < -0.39 is 11.9 Å². The Morgan fingerprint density at radius 3 is 2.63 bits per heavy atom. The second-order valence-corrected chi connectivity index (χ2v) is 5.17.